The van der Waals surface area contributed by atoms with Crippen molar-refractivity contribution in [3.8, 4) is 0 Å². The zero-order valence-corrected chi connectivity index (χ0v) is 12.6. The maximum absolute atomic E-state index is 11.2. The quantitative estimate of drug-likeness (QED) is 0.904. The zero-order valence-electron chi connectivity index (χ0n) is 11.7. The lowest BCUT2D eigenvalue weighted by Gasteiger charge is -2.20. The van der Waals surface area contributed by atoms with Crippen molar-refractivity contribution < 1.29 is 9.90 Å². The van der Waals surface area contributed by atoms with Gasteiger partial charge in [-0.2, -0.15) is 11.8 Å². The van der Waals surface area contributed by atoms with E-state index in [2.05, 4.69) is 21.5 Å². The smallest absolute Gasteiger partial charge is 0.374 e. The molecule has 0 radical (unpaired) electrons. The molecule has 5 nitrogen and oxygen atoms in total. The molecule has 1 aromatic heterocycles. The van der Waals surface area contributed by atoms with Crippen molar-refractivity contribution in [1.29, 1.82) is 0 Å². The lowest BCUT2D eigenvalue weighted by atomic mass is 10.2. The van der Waals surface area contributed by atoms with Gasteiger partial charge in [0.15, 0.2) is 0 Å². The van der Waals surface area contributed by atoms with Crippen LogP contribution in [0.25, 0.3) is 10.9 Å². The Balaban J connectivity index is 2.01. The number of para-hydroxylation sites is 1. The number of nitrogens with one attached hydrogen (secondary N) is 1. The first kappa shape index (κ1) is 14.1. The minimum Gasteiger partial charge on any atom is -0.475 e. The van der Waals surface area contributed by atoms with Crippen LogP contribution in [0, 0.1) is 0 Å². The third-order valence-electron chi connectivity index (χ3n) is 3.87. The van der Waals surface area contributed by atoms with Crippen LogP contribution >= 0.6 is 11.8 Å². The van der Waals surface area contributed by atoms with Crippen molar-refractivity contribution >= 4 is 34.5 Å². The van der Waals surface area contributed by atoms with Gasteiger partial charge in [-0.05, 0) is 31.2 Å². The van der Waals surface area contributed by atoms with Crippen LogP contribution in [0.1, 0.15) is 29.9 Å². The lowest BCUT2D eigenvalue weighted by molar-refractivity contribution is 0.0684. The maximum atomic E-state index is 11.2. The summed E-state index contributed by atoms with van der Waals surface area (Å²) in [5, 5.41) is 14.0. The van der Waals surface area contributed by atoms with Crippen LogP contribution in [0.3, 0.4) is 0 Å². The van der Waals surface area contributed by atoms with E-state index in [-0.39, 0.29) is 5.82 Å². The molecule has 2 atom stereocenters. The average Bonchev–Trinajstić information content (AvgIpc) is 2.94. The predicted octanol–water partition coefficient (Wildman–Crippen LogP) is 3.02. The number of aromatic carboxylic acids is 1. The number of hydrogen-bond acceptors (Lipinski definition) is 5. The van der Waals surface area contributed by atoms with Crippen LogP contribution in [0.15, 0.2) is 24.3 Å². The molecule has 2 unspecified atom stereocenters. The van der Waals surface area contributed by atoms with E-state index in [1.807, 2.05) is 36.0 Å². The minimum absolute atomic E-state index is 0.158. The van der Waals surface area contributed by atoms with E-state index in [0.717, 1.165) is 11.8 Å². The molecular weight excluding hydrogens is 286 g/mol. The van der Waals surface area contributed by atoms with Gasteiger partial charge in [0.1, 0.15) is 5.82 Å². The molecule has 1 aromatic carbocycles. The number of hydrogen-bond donors (Lipinski definition) is 2. The van der Waals surface area contributed by atoms with Gasteiger partial charge in [-0.1, -0.05) is 18.6 Å². The Labute approximate surface area is 127 Å². The first-order valence-corrected chi connectivity index (χ1v) is 8.27. The molecule has 2 aromatic rings. The summed E-state index contributed by atoms with van der Waals surface area (Å²) < 4.78 is 0. The molecule has 2 N–H and O–H groups in total. The van der Waals surface area contributed by atoms with E-state index in [0.29, 0.717) is 22.6 Å². The molecule has 3 rings (SSSR count). The number of nitrogens with zero attached hydrogens (tertiary/aromatic N) is 2. The van der Waals surface area contributed by atoms with Crippen LogP contribution in [-0.4, -0.2) is 38.6 Å². The first-order valence-electron chi connectivity index (χ1n) is 6.98. The normalized spacial score (nSPS) is 21.6. The molecule has 0 spiro atoms. The van der Waals surface area contributed by atoms with Crippen molar-refractivity contribution in [2.45, 2.75) is 30.6 Å². The Morgan fingerprint density at radius 2 is 2.14 bits per heavy atom. The van der Waals surface area contributed by atoms with Gasteiger partial charge in [-0.25, -0.2) is 14.8 Å². The Kier molecular flexibility index (Phi) is 3.96. The highest BCUT2D eigenvalue weighted by molar-refractivity contribution is 7.99. The van der Waals surface area contributed by atoms with Gasteiger partial charge in [0.2, 0.25) is 5.82 Å². The van der Waals surface area contributed by atoms with Crippen molar-refractivity contribution in [3.05, 3.63) is 30.1 Å². The molecule has 110 valence electrons. The number of carboxylic acids is 1. The molecule has 0 aliphatic heterocycles. The number of fused-ring (bicyclic) bond motifs is 1. The van der Waals surface area contributed by atoms with Crippen LogP contribution in [0.2, 0.25) is 0 Å². The molecule has 21 heavy (non-hydrogen) atoms. The van der Waals surface area contributed by atoms with E-state index in [1.54, 1.807) is 0 Å². The fraction of sp³-hybridized carbons (Fsp3) is 0.400. The van der Waals surface area contributed by atoms with Gasteiger partial charge in [-0.15, -0.1) is 0 Å². The molecule has 1 aliphatic rings. The minimum atomic E-state index is -1.10. The molecule has 0 saturated heterocycles. The average molecular weight is 303 g/mol. The SMILES string of the molecule is CSC1CCCC1Nc1nc(C(=O)O)nc2ccccc12. The monoisotopic (exact) mass is 303 g/mol. The largest absolute Gasteiger partial charge is 0.475 e. The topological polar surface area (TPSA) is 75.1 Å². The third-order valence-corrected chi connectivity index (χ3v) is 5.04. The second-order valence-corrected chi connectivity index (χ2v) is 6.25. The van der Waals surface area contributed by atoms with E-state index in [4.69, 9.17) is 0 Å². The maximum Gasteiger partial charge on any atom is 0.374 e. The van der Waals surface area contributed by atoms with E-state index < -0.39 is 5.97 Å². The van der Waals surface area contributed by atoms with Gasteiger partial charge in [0, 0.05) is 16.7 Å². The highest BCUT2D eigenvalue weighted by Gasteiger charge is 2.27. The van der Waals surface area contributed by atoms with Crippen molar-refractivity contribution in [3.63, 3.8) is 0 Å². The highest BCUT2D eigenvalue weighted by atomic mass is 32.2. The van der Waals surface area contributed by atoms with Crippen LogP contribution in [-0.2, 0) is 0 Å². The fourth-order valence-corrected chi connectivity index (χ4v) is 3.77. The van der Waals surface area contributed by atoms with E-state index in [9.17, 15) is 9.90 Å². The summed E-state index contributed by atoms with van der Waals surface area (Å²) in [6, 6.07) is 7.84. The number of benzene rings is 1. The van der Waals surface area contributed by atoms with Crippen molar-refractivity contribution in [2.24, 2.45) is 0 Å². The van der Waals surface area contributed by atoms with Gasteiger partial charge >= 0.3 is 5.97 Å². The summed E-state index contributed by atoms with van der Waals surface area (Å²) in [5.41, 5.74) is 0.658. The predicted molar refractivity (Wildman–Crippen MR) is 85.1 cm³/mol. The summed E-state index contributed by atoms with van der Waals surface area (Å²) in [6.45, 7) is 0. The van der Waals surface area contributed by atoms with Crippen LogP contribution in [0.5, 0.6) is 0 Å². The fourth-order valence-electron chi connectivity index (χ4n) is 2.83. The third kappa shape index (κ3) is 2.81. The highest BCUT2D eigenvalue weighted by Crippen LogP contribution is 2.32. The Bertz CT molecular complexity index is 677. The number of rotatable bonds is 4. The number of carboxylic acid groups (broad SMARTS) is 1. The Morgan fingerprint density at radius 3 is 2.90 bits per heavy atom. The van der Waals surface area contributed by atoms with Gasteiger partial charge in [-0.3, -0.25) is 0 Å². The summed E-state index contributed by atoms with van der Waals surface area (Å²) >= 11 is 1.85. The van der Waals surface area contributed by atoms with Crippen molar-refractivity contribution in [1.82, 2.24) is 9.97 Å². The zero-order chi connectivity index (χ0) is 14.8. The molecule has 0 amide bonds. The van der Waals surface area contributed by atoms with Gasteiger partial charge in [0.25, 0.3) is 0 Å². The van der Waals surface area contributed by atoms with E-state index >= 15 is 0 Å². The summed E-state index contributed by atoms with van der Waals surface area (Å²) in [5.74, 6) is -0.629. The molecule has 6 heteroatoms. The summed E-state index contributed by atoms with van der Waals surface area (Å²) in [7, 11) is 0. The number of carbonyl (C=O) groups is 1. The second-order valence-electron chi connectivity index (χ2n) is 5.17. The van der Waals surface area contributed by atoms with Gasteiger partial charge < -0.3 is 10.4 Å². The van der Waals surface area contributed by atoms with Gasteiger partial charge in [0.05, 0.1) is 5.52 Å². The molecule has 1 fully saturated rings. The second kappa shape index (κ2) is 5.89. The molecular formula is C15H17N3O2S. The van der Waals surface area contributed by atoms with Crippen LogP contribution in [0.4, 0.5) is 5.82 Å². The van der Waals surface area contributed by atoms with E-state index in [1.165, 1.54) is 12.8 Å². The lowest BCUT2D eigenvalue weighted by Crippen LogP contribution is -2.26. The van der Waals surface area contributed by atoms with Crippen molar-refractivity contribution in [2.75, 3.05) is 11.6 Å². The summed E-state index contributed by atoms with van der Waals surface area (Å²) in [6.07, 6.45) is 5.59. The Hall–Kier alpha value is -1.82. The number of anilines is 1. The number of thioether (sulfide) groups is 1. The molecule has 0 bridgehead atoms. The van der Waals surface area contributed by atoms with Crippen LogP contribution < -0.4 is 5.32 Å². The number of aromatic nitrogens is 2. The Morgan fingerprint density at radius 1 is 1.33 bits per heavy atom. The molecule has 1 aliphatic carbocycles. The summed E-state index contributed by atoms with van der Waals surface area (Å²) in [4.78, 5) is 19.5. The first-order chi connectivity index (χ1) is 10.2. The molecule has 1 saturated carbocycles. The standard InChI is InChI=1S/C15H17N3O2S/c1-21-12-8-4-7-11(12)17-13-9-5-2-3-6-10(9)16-14(18-13)15(19)20/h2-3,5-6,11-12H,4,7-8H2,1H3,(H,19,20)(H,16,17,18). The molecule has 1 heterocycles.